The predicted octanol–water partition coefficient (Wildman–Crippen LogP) is 3.74. The molecule has 1 aliphatic carbocycles. The van der Waals surface area contributed by atoms with E-state index in [1.165, 1.54) is 12.1 Å². The molecule has 0 bridgehead atoms. The molecule has 1 aliphatic heterocycles. The van der Waals surface area contributed by atoms with Crippen LogP contribution in [-0.4, -0.2) is 70.5 Å². The number of likely N-dealkylation sites (tertiary alicyclic amines) is 1. The molecule has 1 aromatic heterocycles. The third-order valence-electron chi connectivity index (χ3n) is 8.44. The fourth-order valence-electron chi connectivity index (χ4n) is 5.87. The van der Waals surface area contributed by atoms with Crippen molar-refractivity contribution in [2.45, 2.75) is 83.9 Å². The third-order valence-corrected chi connectivity index (χ3v) is 8.44. The first-order valence-electron chi connectivity index (χ1n) is 15.0. The molecule has 2 aliphatic rings. The summed E-state index contributed by atoms with van der Waals surface area (Å²) in [7, 11) is 1.59. The number of benzene rings is 1. The van der Waals surface area contributed by atoms with Crippen LogP contribution in [0.4, 0.5) is 10.1 Å². The molecule has 1 saturated heterocycles. The molecule has 2 fully saturated rings. The monoisotopic (exact) mass is 583 g/mol. The molecule has 0 radical (unpaired) electrons. The minimum atomic E-state index is -0.839. The first-order valence-corrected chi connectivity index (χ1v) is 15.0. The maximum Gasteiger partial charge on any atom is 0.245 e. The summed E-state index contributed by atoms with van der Waals surface area (Å²) in [6, 6.07) is 5.23. The standard InChI is InChI=1S/C31H42FN5O5/c1-4-29(39)34-26(31(41)36-18-22(19-36)42-3)16-20-11-12-25(24(32)15-20)35-30(40)23(21-9-7-6-8-10-21)17-28(38)27-13-14-33-37(27)5-2/h11-15,21-23,26H,4-10,16-19H2,1-3H3,(H,34,39)(H,35,40)/t23-,26+/m0/s1. The molecule has 2 atom stereocenters. The minimum absolute atomic E-state index is 0.0155. The zero-order chi connectivity index (χ0) is 30.2. The van der Waals surface area contributed by atoms with Gasteiger partial charge in [0.15, 0.2) is 5.78 Å². The summed E-state index contributed by atoms with van der Waals surface area (Å²) in [5.74, 6) is -2.24. The SMILES string of the molecule is CCC(=O)N[C@H](Cc1ccc(NC(=O)[C@@H](CC(=O)c2ccnn2CC)C2CCCCC2)c(F)c1)C(=O)N1CC(OC)C1. The number of aromatic nitrogens is 2. The number of carbonyl (C=O) groups is 4. The normalized spacial score (nSPS) is 17.3. The van der Waals surface area contributed by atoms with Crippen LogP contribution in [0.15, 0.2) is 30.5 Å². The summed E-state index contributed by atoms with van der Waals surface area (Å²) in [6.07, 6.45) is 6.69. The van der Waals surface area contributed by atoms with Crippen LogP contribution in [-0.2, 0) is 32.1 Å². The molecule has 2 N–H and O–H groups in total. The van der Waals surface area contributed by atoms with Gasteiger partial charge >= 0.3 is 0 Å². The van der Waals surface area contributed by atoms with Gasteiger partial charge in [0.25, 0.3) is 0 Å². The van der Waals surface area contributed by atoms with Crippen LogP contribution < -0.4 is 10.6 Å². The Morgan fingerprint density at radius 1 is 1.10 bits per heavy atom. The number of carbonyl (C=O) groups excluding carboxylic acids is 4. The van der Waals surface area contributed by atoms with Crippen molar-refractivity contribution in [2.75, 3.05) is 25.5 Å². The van der Waals surface area contributed by atoms with Crippen LogP contribution in [0.25, 0.3) is 0 Å². The summed E-state index contributed by atoms with van der Waals surface area (Å²) < 4.78 is 22.2. The highest BCUT2D eigenvalue weighted by molar-refractivity contribution is 6.00. The second-order valence-electron chi connectivity index (χ2n) is 11.2. The molecular weight excluding hydrogens is 541 g/mol. The van der Waals surface area contributed by atoms with E-state index in [1.807, 2.05) is 6.92 Å². The van der Waals surface area contributed by atoms with E-state index in [-0.39, 0.29) is 60.5 Å². The third kappa shape index (κ3) is 7.61. The van der Waals surface area contributed by atoms with Crippen molar-refractivity contribution in [2.24, 2.45) is 11.8 Å². The van der Waals surface area contributed by atoms with Crippen molar-refractivity contribution in [1.29, 1.82) is 0 Å². The van der Waals surface area contributed by atoms with Crippen LogP contribution in [0.2, 0.25) is 0 Å². The zero-order valence-corrected chi connectivity index (χ0v) is 24.7. The highest BCUT2D eigenvalue weighted by Gasteiger charge is 2.36. The van der Waals surface area contributed by atoms with Gasteiger partial charge in [0.1, 0.15) is 17.6 Å². The van der Waals surface area contributed by atoms with Crippen LogP contribution in [0, 0.1) is 17.7 Å². The minimum Gasteiger partial charge on any atom is -0.378 e. The van der Waals surface area contributed by atoms with E-state index >= 15 is 4.39 Å². The Bertz CT molecular complexity index is 1270. The fraction of sp³-hybridized carbons (Fsp3) is 0.581. The van der Waals surface area contributed by atoms with Gasteiger partial charge in [-0.1, -0.05) is 32.3 Å². The summed E-state index contributed by atoms with van der Waals surface area (Å²) in [5, 5.41) is 9.66. The second-order valence-corrected chi connectivity index (χ2v) is 11.2. The largest absolute Gasteiger partial charge is 0.378 e. The molecule has 2 heterocycles. The van der Waals surface area contributed by atoms with Gasteiger partial charge in [-0.15, -0.1) is 0 Å². The number of hydrogen-bond acceptors (Lipinski definition) is 6. The summed E-state index contributed by atoms with van der Waals surface area (Å²) in [5.41, 5.74) is 0.995. The second kappa shape index (κ2) is 14.5. The molecule has 11 heteroatoms. The maximum atomic E-state index is 15.3. The lowest BCUT2D eigenvalue weighted by atomic mass is 9.77. The van der Waals surface area contributed by atoms with Crippen molar-refractivity contribution in [3.63, 3.8) is 0 Å². The molecular formula is C31H42FN5O5. The van der Waals surface area contributed by atoms with Gasteiger partial charge < -0.3 is 20.3 Å². The predicted molar refractivity (Wildman–Crippen MR) is 155 cm³/mol. The number of hydrogen-bond donors (Lipinski definition) is 2. The fourth-order valence-corrected chi connectivity index (χ4v) is 5.87. The first-order chi connectivity index (χ1) is 20.2. The topological polar surface area (TPSA) is 123 Å². The Morgan fingerprint density at radius 2 is 1.83 bits per heavy atom. The molecule has 0 unspecified atom stereocenters. The summed E-state index contributed by atoms with van der Waals surface area (Å²) in [4.78, 5) is 53.5. The Morgan fingerprint density at radius 3 is 2.48 bits per heavy atom. The van der Waals surface area contributed by atoms with E-state index in [0.717, 1.165) is 32.1 Å². The number of nitrogens with one attached hydrogen (secondary N) is 2. The number of rotatable bonds is 13. The number of aryl methyl sites for hydroxylation is 1. The van der Waals surface area contributed by atoms with Gasteiger partial charge in [-0.2, -0.15) is 5.10 Å². The zero-order valence-electron chi connectivity index (χ0n) is 24.7. The number of nitrogens with zero attached hydrogens (tertiary/aromatic N) is 3. The number of anilines is 1. The number of methoxy groups -OCH3 is 1. The van der Waals surface area contributed by atoms with Crippen molar-refractivity contribution in [3.8, 4) is 0 Å². The van der Waals surface area contributed by atoms with Gasteiger partial charge in [-0.3, -0.25) is 23.9 Å². The molecule has 2 aromatic rings. The molecule has 1 saturated carbocycles. The van der Waals surface area contributed by atoms with E-state index in [2.05, 4.69) is 15.7 Å². The van der Waals surface area contributed by atoms with Gasteiger partial charge in [-0.25, -0.2) is 4.39 Å². The van der Waals surface area contributed by atoms with Gasteiger partial charge in [-0.05, 0) is 49.4 Å². The Labute approximate surface area is 246 Å². The summed E-state index contributed by atoms with van der Waals surface area (Å²) in [6.45, 7) is 5.04. The number of Topliss-reactive ketones (excluding diaryl/α,β-unsaturated/α-hetero) is 1. The first kappa shape index (κ1) is 31.3. The van der Waals surface area contributed by atoms with Crippen LogP contribution in [0.3, 0.4) is 0 Å². The average molecular weight is 584 g/mol. The van der Waals surface area contributed by atoms with E-state index in [9.17, 15) is 19.2 Å². The van der Waals surface area contributed by atoms with Crippen LogP contribution in [0.5, 0.6) is 0 Å². The van der Waals surface area contributed by atoms with Gasteiger partial charge in [0.05, 0.1) is 11.8 Å². The number of halogens is 1. The molecule has 228 valence electrons. The van der Waals surface area contributed by atoms with Gasteiger partial charge in [0, 0.05) is 58.1 Å². The Hall–Kier alpha value is -3.60. The molecule has 0 spiro atoms. The van der Waals surface area contributed by atoms with Crippen LogP contribution in [0.1, 0.15) is 74.8 Å². The molecule has 3 amide bonds. The van der Waals surface area contributed by atoms with Crippen molar-refractivity contribution < 1.29 is 28.3 Å². The maximum absolute atomic E-state index is 15.3. The lowest BCUT2D eigenvalue weighted by molar-refractivity contribution is -0.146. The van der Waals surface area contributed by atoms with E-state index in [4.69, 9.17) is 4.74 Å². The lowest BCUT2D eigenvalue weighted by Crippen LogP contribution is -2.60. The number of amides is 3. The number of ether oxygens (including phenoxy) is 1. The average Bonchev–Trinajstić information content (AvgIpc) is 3.46. The molecule has 4 rings (SSSR count). The van der Waals surface area contributed by atoms with Crippen molar-refractivity contribution in [1.82, 2.24) is 20.0 Å². The van der Waals surface area contributed by atoms with Crippen molar-refractivity contribution >= 4 is 29.2 Å². The highest BCUT2D eigenvalue weighted by atomic mass is 19.1. The highest BCUT2D eigenvalue weighted by Crippen LogP contribution is 2.34. The quantitative estimate of drug-likeness (QED) is 0.347. The van der Waals surface area contributed by atoms with Crippen molar-refractivity contribution in [3.05, 3.63) is 47.5 Å². The van der Waals surface area contributed by atoms with E-state index < -0.39 is 17.8 Å². The van der Waals surface area contributed by atoms with E-state index in [0.29, 0.717) is 30.9 Å². The number of ketones is 1. The molecule has 1 aromatic carbocycles. The van der Waals surface area contributed by atoms with E-state index in [1.54, 1.807) is 41.9 Å². The molecule has 10 nitrogen and oxygen atoms in total. The Balaban J connectivity index is 1.46. The smallest absolute Gasteiger partial charge is 0.245 e. The lowest BCUT2D eigenvalue weighted by Gasteiger charge is -2.40. The molecule has 42 heavy (non-hydrogen) atoms. The Kier molecular flexibility index (Phi) is 10.8. The summed E-state index contributed by atoms with van der Waals surface area (Å²) >= 11 is 0. The van der Waals surface area contributed by atoms with Crippen LogP contribution >= 0.6 is 0 Å². The van der Waals surface area contributed by atoms with Gasteiger partial charge in [0.2, 0.25) is 17.7 Å².